The van der Waals surface area contributed by atoms with Gasteiger partial charge in [-0.15, -0.1) is 0 Å². The first-order chi connectivity index (χ1) is 14.0. The third kappa shape index (κ3) is 3.20. The van der Waals surface area contributed by atoms with Gasteiger partial charge in [0.25, 0.3) is 0 Å². The molecule has 3 aliphatic heterocycles. The normalized spacial score (nSPS) is 25.4. The zero-order chi connectivity index (χ0) is 20.0. The minimum Gasteiger partial charge on any atom is -0.494 e. The van der Waals surface area contributed by atoms with E-state index in [1.165, 1.54) is 28.9 Å². The Morgan fingerprint density at radius 2 is 2.03 bits per heavy atom. The van der Waals surface area contributed by atoms with E-state index in [4.69, 9.17) is 4.74 Å². The topological polar surface area (TPSA) is 27.7 Å². The van der Waals surface area contributed by atoms with Crippen molar-refractivity contribution in [1.29, 1.82) is 0 Å². The second-order valence-corrected chi connectivity index (χ2v) is 9.03. The van der Waals surface area contributed by atoms with E-state index < -0.39 is 0 Å². The molecule has 4 heteroatoms. The van der Waals surface area contributed by atoms with Gasteiger partial charge in [0.1, 0.15) is 5.75 Å². The molecule has 152 valence electrons. The maximum absolute atomic E-state index is 5.93. The molecular formula is C25H31N3O. The van der Waals surface area contributed by atoms with E-state index in [0.29, 0.717) is 5.92 Å². The molecule has 3 heterocycles. The molecule has 0 radical (unpaired) electrons. The van der Waals surface area contributed by atoms with Gasteiger partial charge in [-0.1, -0.05) is 36.4 Å². The first-order valence-corrected chi connectivity index (χ1v) is 10.8. The van der Waals surface area contributed by atoms with E-state index in [0.717, 1.165) is 50.7 Å². The van der Waals surface area contributed by atoms with Gasteiger partial charge in [-0.2, -0.15) is 0 Å². The Morgan fingerprint density at radius 1 is 1.21 bits per heavy atom. The Balaban J connectivity index is 1.24. The van der Waals surface area contributed by atoms with Crippen molar-refractivity contribution in [1.82, 2.24) is 4.90 Å². The molecule has 2 aromatic carbocycles. The van der Waals surface area contributed by atoms with Gasteiger partial charge in [-0.05, 0) is 50.5 Å². The zero-order valence-electron chi connectivity index (χ0n) is 17.6. The SMILES string of the molecule is C=C1CN2c3c(cccc3[C@@H]3CN(CCCOc4ccc(C)cc4)CC[C@@]32C)N1. The van der Waals surface area contributed by atoms with Crippen molar-refractivity contribution in [2.24, 2.45) is 0 Å². The lowest BCUT2D eigenvalue weighted by Crippen LogP contribution is -2.56. The first kappa shape index (κ1) is 18.6. The highest BCUT2D eigenvalue weighted by Gasteiger charge is 2.52. The molecule has 3 aliphatic rings. The zero-order valence-corrected chi connectivity index (χ0v) is 17.6. The van der Waals surface area contributed by atoms with Gasteiger partial charge in [-0.3, -0.25) is 0 Å². The molecule has 0 unspecified atom stereocenters. The van der Waals surface area contributed by atoms with Crippen LogP contribution in [0.25, 0.3) is 0 Å². The fourth-order valence-electron chi connectivity index (χ4n) is 5.36. The minimum absolute atomic E-state index is 0.193. The summed E-state index contributed by atoms with van der Waals surface area (Å²) in [6.45, 7) is 13.8. The number of aryl methyl sites for hydroxylation is 1. The highest BCUT2D eigenvalue weighted by molar-refractivity contribution is 5.83. The van der Waals surface area contributed by atoms with Crippen molar-refractivity contribution in [2.45, 2.75) is 38.1 Å². The number of fused-ring (bicyclic) bond motifs is 3. The Morgan fingerprint density at radius 3 is 2.86 bits per heavy atom. The second-order valence-electron chi connectivity index (χ2n) is 9.03. The lowest BCUT2D eigenvalue weighted by molar-refractivity contribution is 0.140. The molecule has 0 amide bonds. The van der Waals surface area contributed by atoms with Crippen molar-refractivity contribution in [3.05, 3.63) is 65.9 Å². The van der Waals surface area contributed by atoms with Crippen LogP contribution < -0.4 is 15.0 Å². The van der Waals surface area contributed by atoms with Crippen LogP contribution in [0.4, 0.5) is 11.4 Å². The second kappa shape index (κ2) is 7.10. The van der Waals surface area contributed by atoms with Gasteiger partial charge >= 0.3 is 0 Å². The average molecular weight is 390 g/mol. The molecule has 0 aliphatic carbocycles. The van der Waals surface area contributed by atoms with Gasteiger partial charge in [0.15, 0.2) is 0 Å². The average Bonchev–Trinajstić information content (AvgIpc) is 2.96. The van der Waals surface area contributed by atoms with Crippen LogP contribution in [0, 0.1) is 6.92 Å². The van der Waals surface area contributed by atoms with Gasteiger partial charge in [0, 0.05) is 36.8 Å². The summed E-state index contributed by atoms with van der Waals surface area (Å²) in [6, 6.07) is 15.1. The Hall–Kier alpha value is -2.46. The standard InChI is InChI=1S/C25H31N3O/c1-18-8-10-20(11-9-18)29-15-5-13-27-14-12-25(3)22(17-27)21-6-4-7-23-24(21)28(25)16-19(2)26-23/h4,6-11,22,26H,2,5,12-17H2,1,3H3/t22-,25-/m0/s1. The fraction of sp³-hybridized carbons (Fsp3) is 0.440. The number of ether oxygens (including phenoxy) is 1. The molecule has 29 heavy (non-hydrogen) atoms. The lowest BCUT2D eigenvalue weighted by atomic mass is 9.78. The van der Waals surface area contributed by atoms with Crippen LogP contribution in [-0.2, 0) is 0 Å². The maximum Gasteiger partial charge on any atom is 0.119 e. The van der Waals surface area contributed by atoms with Crippen molar-refractivity contribution < 1.29 is 4.74 Å². The number of likely N-dealkylation sites (tertiary alicyclic amines) is 1. The number of anilines is 2. The number of para-hydroxylation sites is 1. The number of hydrogen-bond donors (Lipinski definition) is 1. The molecule has 2 aromatic rings. The van der Waals surface area contributed by atoms with Crippen molar-refractivity contribution in [2.75, 3.05) is 43.0 Å². The first-order valence-electron chi connectivity index (χ1n) is 10.8. The summed E-state index contributed by atoms with van der Waals surface area (Å²) in [5.41, 5.74) is 6.71. The van der Waals surface area contributed by atoms with E-state index in [-0.39, 0.29) is 5.54 Å². The van der Waals surface area contributed by atoms with Crippen LogP contribution in [0.15, 0.2) is 54.7 Å². The number of nitrogens with zero attached hydrogens (tertiary/aromatic N) is 2. The predicted molar refractivity (Wildman–Crippen MR) is 120 cm³/mol. The summed E-state index contributed by atoms with van der Waals surface area (Å²) in [5.74, 6) is 1.53. The molecule has 0 aromatic heterocycles. The van der Waals surface area contributed by atoms with Gasteiger partial charge < -0.3 is 19.9 Å². The summed E-state index contributed by atoms with van der Waals surface area (Å²) < 4.78 is 5.93. The number of piperidine rings is 1. The summed E-state index contributed by atoms with van der Waals surface area (Å²) in [4.78, 5) is 5.25. The smallest absolute Gasteiger partial charge is 0.119 e. The van der Waals surface area contributed by atoms with Crippen LogP contribution >= 0.6 is 0 Å². The van der Waals surface area contributed by atoms with Crippen molar-refractivity contribution >= 4 is 11.4 Å². The molecule has 0 saturated carbocycles. The molecule has 1 saturated heterocycles. The van der Waals surface area contributed by atoms with Crippen LogP contribution in [0.5, 0.6) is 5.75 Å². The number of benzene rings is 2. The van der Waals surface area contributed by atoms with Crippen molar-refractivity contribution in [3.8, 4) is 5.75 Å². The molecule has 1 fully saturated rings. The fourth-order valence-corrected chi connectivity index (χ4v) is 5.36. The molecule has 5 rings (SSSR count). The highest BCUT2D eigenvalue weighted by atomic mass is 16.5. The van der Waals surface area contributed by atoms with Crippen LogP contribution in [0.2, 0.25) is 0 Å². The molecule has 0 bridgehead atoms. The minimum atomic E-state index is 0.193. The van der Waals surface area contributed by atoms with Gasteiger partial charge in [-0.25, -0.2) is 0 Å². The number of hydrogen-bond acceptors (Lipinski definition) is 4. The Labute approximate surface area is 174 Å². The molecule has 2 atom stereocenters. The van der Waals surface area contributed by atoms with Crippen LogP contribution in [-0.4, -0.2) is 43.2 Å². The maximum atomic E-state index is 5.93. The molecule has 0 spiro atoms. The summed E-state index contributed by atoms with van der Waals surface area (Å²) in [5, 5.41) is 3.50. The molecular weight excluding hydrogens is 358 g/mol. The molecule has 4 nitrogen and oxygen atoms in total. The van der Waals surface area contributed by atoms with Crippen LogP contribution in [0.1, 0.15) is 36.8 Å². The largest absolute Gasteiger partial charge is 0.494 e. The molecule has 1 N–H and O–H groups in total. The van der Waals surface area contributed by atoms with Crippen LogP contribution in [0.3, 0.4) is 0 Å². The van der Waals surface area contributed by atoms with E-state index >= 15 is 0 Å². The summed E-state index contributed by atoms with van der Waals surface area (Å²) in [6.07, 6.45) is 2.25. The highest BCUT2D eigenvalue weighted by Crippen LogP contribution is 2.55. The van der Waals surface area contributed by atoms with E-state index in [1.807, 2.05) is 0 Å². The monoisotopic (exact) mass is 389 g/mol. The quantitative estimate of drug-likeness (QED) is 0.746. The summed E-state index contributed by atoms with van der Waals surface area (Å²) >= 11 is 0. The Kier molecular flexibility index (Phi) is 4.54. The van der Waals surface area contributed by atoms with E-state index in [9.17, 15) is 0 Å². The lowest BCUT2D eigenvalue weighted by Gasteiger charge is -2.48. The summed E-state index contributed by atoms with van der Waals surface area (Å²) in [7, 11) is 0. The van der Waals surface area contributed by atoms with Gasteiger partial charge in [0.2, 0.25) is 0 Å². The third-order valence-corrected chi connectivity index (χ3v) is 7.02. The van der Waals surface area contributed by atoms with E-state index in [1.54, 1.807) is 0 Å². The predicted octanol–water partition coefficient (Wildman–Crippen LogP) is 4.77. The third-order valence-electron chi connectivity index (χ3n) is 7.02. The number of rotatable bonds is 5. The Bertz CT molecular complexity index is 922. The van der Waals surface area contributed by atoms with Gasteiger partial charge in [0.05, 0.1) is 24.5 Å². The number of nitrogens with one attached hydrogen (secondary N) is 1. The van der Waals surface area contributed by atoms with E-state index in [2.05, 4.69) is 78.0 Å². The van der Waals surface area contributed by atoms with Crippen molar-refractivity contribution in [3.63, 3.8) is 0 Å².